The molecule has 0 bridgehead atoms. The van der Waals surface area contributed by atoms with E-state index < -0.39 is 0 Å². The van der Waals surface area contributed by atoms with E-state index in [4.69, 9.17) is 17.3 Å². The summed E-state index contributed by atoms with van der Waals surface area (Å²) < 4.78 is 0. The average Bonchev–Trinajstić information content (AvgIpc) is 2.80. The van der Waals surface area contributed by atoms with Crippen molar-refractivity contribution in [1.82, 2.24) is 4.90 Å². The minimum atomic E-state index is 0.221. The molecule has 2 nitrogen and oxygen atoms in total. The van der Waals surface area contributed by atoms with Crippen LogP contribution in [0.25, 0.3) is 0 Å². The number of nitrogens with zero attached hydrogens (tertiary/aromatic N) is 1. The first-order chi connectivity index (χ1) is 9.10. The van der Waals surface area contributed by atoms with Gasteiger partial charge in [0.25, 0.3) is 0 Å². The molecule has 1 heterocycles. The molecule has 0 aliphatic carbocycles. The maximum Gasteiger partial charge on any atom is 0.0565 e. The monoisotopic (exact) mass is 294 g/mol. The zero-order chi connectivity index (χ0) is 13.8. The van der Waals surface area contributed by atoms with Gasteiger partial charge in [0, 0.05) is 23.3 Å². The lowest BCUT2D eigenvalue weighted by Crippen LogP contribution is -2.29. The number of benzene rings is 1. The Hall–Kier alpha value is -0.870. The van der Waals surface area contributed by atoms with Crippen molar-refractivity contribution in [3.63, 3.8) is 0 Å². The second-order valence-electron chi connectivity index (χ2n) is 4.82. The minimum absolute atomic E-state index is 0.221. The summed E-state index contributed by atoms with van der Waals surface area (Å²) in [4.78, 5) is 3.49. The molecule has 0 saturated carbocycles. The van der Waals surface area contributed by atoms with Gasteiger partial charge in [-0.15, -0.1) is 11.3 Å². The molecule has 102 valence electrons. The summed E-state index contributed by atoms with van der Waals surface area (Å²) in [5.41, 5.74) is 8.50. The molecule has 0 aliphatic rings. The van der Waals surface area contributed by atoms with Crippen molar-refractivity contribution < 1.29 is 0 Å². The molecule has 0 radical (unpaired) electrons. The summed E-state index contributed by atoms with van der Waals surface area (Å²) in [6, 6.07) is 10.8. The first-order valence-corrected chi connectivity index (χ1v) is 7.55. The summed E-state index contributed by atoms with van der Waals surface area (Å²) in [5.74, 6) is 0. The van der Waals surface area contributed by atoms with Gasteiger partial charge in [-0.3, -0.25) is 4.90 Å². The Morgan fingerprint density at radius 3 is 2.53 bits per heavy atom. The van der Waals surface area contributed by atoms with Crippen LogP contribution < -0.4 is 5.73 Å². The van der Waals surface area contributed by atoms with Crippen LogP contribution in [0.3, 0.4) is 0 Å². The topological polar surface area (TPSA) is 29.3 Å². The zero-order valence-electron chi connectivity index (χ0n) is 11.3. The third kappa shape index (κ3) is 3.80. The molecule has 4 heteroatoms. The minimum Gasteiger partial charge on any atom is -0.329 e. The highest BCUT2D eigenvalue weighted by molar-refractivity contribution is 7.10. The van der Waals surface area contributed by atoms with Crippen LogP contribution in [0.15, 0.2) is 35.7 Å². The van der Waals surface area contributed by atoms with Gasteiger partial charge in [-0.2, -0.15) is 0 Å². The third-order valence-corrected chi connectivity index (χ3v) is 4.61. The lowest BCUT2D eigenvalue weighted by Gasteiger charge is -2.26. The Bertz CT molecular complexity index is 521. The molecule has 0 spiro atoms. The van der Waals surface area contributed by atoms with Crippen molar-refractivity contribution in [2.75, 3.05) is 13.6 Å². The van der Waals surface area contributed by atoms with Crippen LogP contribution in [0.2, 0.25) is 5.02 Å². The van der Waals surface area contributed by atoms with Crippen LogP contribution in [0.4, 0.5) is 0 Å². The smallest absolute Gasteiger partial charge is 0.0565 e. The lowest BCUT2D eigenvalue weighted by atomic mass is 10.1. The van der Waals surface area contributed by atoms with Crippen LogP contribution in [-0.2, 0) is 6.54 Å². The second-order valence-corrected chi connectivity index (χ2v) is 6.20. The van der Waals surface area contributed by atoms with Crippen LogP contribution in [0.5, 0.6) is 0 Å². The van der Waals surface area contributed by atoms with Gasteiger partial charge in [-0.25, -0.2) is 0 Å². The molecule has 0 amide bonds. The van der Waals surface area contributed by atoms with E-state index in [-0.39, 0.29) is 6.04 Å². The quantitative estimate of drug-likeness (QED) is 0.908. The van der Waals surface area contributed by atoms with Gasteiger partial charge in [0.05, 0.1) is 11.1 Å². The summed E-state index contributed by atoms with van der Waals surface area (Å²) in [5, 5.41) is 2.75. The molecule has 2 N–H and O–H groups in total. The Morgan fingerprint density at radius 2 is 2.00 bits per heavy atom. The van der Waals surface area contributed by atoms with E-state index in [0.29, 0.717) is 6.54 Å². The number of likely N-dealkylation sites (N-methyl/N-ethyl adjacent to an activating group) is 1. The molecule has 1 aromatic carbocycles. The fourth-order valence-corrected chi connectivity index (χ4v) is 3.37. The highest BCUT2D eigenvalue weighted by Crippen LogP contribution is 2.28. The first-order valence-electron chi connectivity index (χ1n) is 6.30. The van der Waals surface area contributed by atoms with Gasteiger partial charge in [0.15, 0.2) is 0 Å². The molecule has 0 aliphatic heterocycles. The highest BCUT2D eigenvalue weighted by Gasteiger charge is 2.17. The van der Waals surface area contributed by atoms with E-state index in [9.17, 15) is 0 Å². The van der Waals surface area contributed by atoms with Crippen molar-refractivity contribution in [2.24, 2.45) is 5.73 Å². The number of rotatable bonds is 5. The fraction of sp³-hybridized carbons (Fsp3) is 0.333. The predicted octanol–water partition coefficient (Wildman–Crippen LogP) is 3.84. The van der Waals surface area contributed by atoms with E-state index in [1.807, 2.05) is 11.4 Å². The molecule has 19 heavy (non-hydrogen) atoms. The van der Waals surface area contributed by atoms with Crippen molar-refractivity contribution in [2.45, 2.75) is 19.5 Å². The standard InChI is InChI=1S/C15H19ClN2S/c1-11-3-5-12(6-4-11)9-18(2)14(8-17)15-7-13(16)10-19-15/h3-7,10,14H,8-9,17H2,1-2H3. The first kappa shape index (κ1) is 14.5. The molecule has 2 rings (SSSR count). The van der Waals surface area contributed by atoms with Crippen LogP contribution >= 0.6 is 22.9 Å². The Labute approximate surface area is 123 Å². The van der Waals surface area contributed by atoms with Gasteiger partial charge in [0.2, 0.25) is 0 Å². The Morgan fingerprint density at radius 1 is 1.32 bits per heavy atom. The van der Waals surface area contributed by atoms with E-state index in [2.05, 4.69) is 43.1 Å². The molecule has 2 aromatic rings. The van der Waals surface area contributed by atoms with Crippen molar-refractivity contribution in [1.29, 1.82) is 0 Å². The maximum absolute atomic E-state index is 5.99. The Balaban J connectivity index is 2.08. The van der Waals surface area contributed by atoms with Crippen molar-refractivity contribution in [3.8, 4) is 0 Å². The molecule has 1 atom stereocenters. The Kier molecular flexibility index (Phi) is 4.99. The SMILES string of the molecule is Cc1ccc(CN(C)C(CN)c2cc(Cl)cs2)cc1. The summed E-state index contributed by atoms with van der Waals surface area (Å²) >= 11 is 7.66. The second kappa shape index (κ2) is 6.53. The zero-order valence-corrected chi connectivity index (χ0v) is 12.8. The molecule has 0 fully saturated rings. The normalized spacial score (nSPS) is 12.9. The largest absolute Gasteiger partial charge is 0.329 e. The maximum atomic E-state index is 5.99. The number of halogens is 1. The number of thiophene rings is 1. The molecule has 1 unspecified atom stereocenters. The highest BCUT2D eigenvalue weighted by atomic mass is 35.5. The van der Waals surface area contributed by atoms with E-state index in [1.54, 1.807) is 11.3 Å². The number of nitrogens with two attached hydrogens (primary N) is 1. The number of hydrogen-bond acceptors (Lipinski definition) is 3. The molecular weight excluding hydrogens is 276 g/mol. The van der Waals surface area contributed by atoms with E-state index >= 15 is 0 Å². The van der Waals surface area contributed by atoms with Gasteiger partial charge in [-0.05, 0) is 25.6 Å². The molecular formula is C15H19ClN2S. The van der Waals surface area contributed by atoms with E-state index in [1.165, 1.54) is 16.0 Å². The van der Waals surface area contributed by atoms with Gasteiger partial charge < -0.3 is 5.73 Å². The number of hydrogen-bond donors (Lipinski definition) is 1. The van der Waals surface area contributed by atoms with Crippen molar-refractivity contribution >= 4 is 22.9 Å². The molecule has 0 saturated heterocycles. The fourth-order valence-electron chi connectivity index (χ4n) is 2.11. The third-order valence-electron chi connectivity index (χ3n) is 3.22. The average molecular weight is 295 g/mol. The van der Waals surface area contributed by atoms with Gasteiger partial charge >= 0.3 is 0 Å². The van der Waals surface area contributed by atoms with Crippen LogP contribution in [-0.4, -0.2) is 18.5 Å². The molecule has 1 aromatic heterocycles. The van der Waals surface area contributed by atoms with Crippen molar-refractivity contribution in [3.05, 3.63) is 56.7 Å². The van der Waals surface area contributed by atoms with Gasteiger partial charge in [-0.1, -0.05) is 41.4 Å². The lowest BCUT2D eigenvalue weighted by molar-refractivity contribution is 0.245. The summed E-state index contributed by atoms with van der Waals surface area (Å²) in [6.45, 7) is 3.58. The summed E-state index contributed by atoms with van der Waals surface area (Å²) in [6.07, 6.45) is 0. The van der Waals surface area contributed by atoms with Gasteiger partial charge in [0.1, 0.15) is 0 Å². The number of aryl methyl sites for hydroxylation is 1. The predicted molar refractivity (Wildman–Crippen MR) is 83.8 cm³/mol. The van der Waals surface area contributed by atoms with E-state index in [0.717, 1.165) is 11.6 Å². The summed E-state index contributed by atoms with van der Waals surface area (Å²) in [7, 11) is 2.10. The van der Waals surface area contributed by atoms with Crippen LogP contribution in [0.1, 0.15) is 22.0 Å². The van der Waals surface area contributed by atoms with Crippen LogP contribution in [0, 0.1) is 6.92 Å².